The third-order valence-electron chi connectivity index (χ3n) is 2.06. The van der Waals surface area contributed by atoms with Crippen molar-refractivity contribution in [1.82, 2.24) is 4.98 Å². The monoisotopic (exact) mass is 203 g/mol. The lowest BCUT2D eigenvalue weighted by molar-refractivity contribution is 1.17. The normalized spacial score (nSPS) is 10.1. The minimum absolute atomic E-state index is 0.459. The molecule has 0 atom stereocenters. The SMILES string of the molecule is ClCc1cc(-c2ccccc2)ccn1. The zero-order chi connectivity index (χ0) is 9.80. The minimum atomic E-state index is 0.459. The van der Waals surface area contributed by atoms with Gasteiger partial charge < -0.3 is 0 Å². The van der Waals surface area contributed by atoms with Crippen LogP contribution in [0.5, 0.6) is 0 Å². The van der Waals surface area contributed by atoms with E-state index in [0.717, 1.165) is 11.3 Å². The van der Waals surface area contributed by atoms with E-state index in [2.05, 4.69) is 17.1 Å². The maximum Gasteiger partial charge on any atom is 0.0647 e. The second-order valence-electron chi connectivity index (χ2n) is 3.04. The summed E-state index contributed by atoms with van der Waals surface area (Å²) in [6, 6.07) is 14.2. The van der Waals surface area contributed by atoms with Crippen LogP contribution in [0, 0.1) is 0 Å². The Kier molecular flexibility index (Phi) is 2.80. The number of benzene rings is 1. The van der Waals surface area contributed by atoms with E-state index in [1.165, 1.54) is 5.56 Å². The fourth-order valence-electron chi connectivity index (χ4n) is 1.36. The maximum absolute atomic E-state index is 5.72. The molecule has 14 heavy (non-hydrogen) atoms. The Bertz CT molecular complexity index is 412. The van der Waals surface area contributed by atoms with Crippen LogP contribution < -0.4 is 0 Å². The lowest BCUT2D eigenvalue weighted by Crippen LogP contribution is -1.85. The van der Waals surface area contributed by atoms with Gasteiger partial charge in [0.25, 0.3) is 0 Å². The lowest BCUT2D eigenvalue weighted by atomic mass is 10.1. The van der Waals surface area contributed by atoms with E-state index in [9.17, 15) is 0 Å². The van der Waals surface area contributed by atoms with Crippen LogP contribution in [0.1, 0.15) is 5.69 Å². The van der Waals surface area contributed by atoms with E-state index >= 15 is 0 Å². The molecule has 0 unspecified atom stereocenters. The van der Waals surface area contributed by atoms with Crippen molar-refractivity contribution in [2.24, 2.45) is 0 Å². The van der Waals surface area contributed by atoms with Gasteiger partial charge in [0.2, 0.25) is 0 Å². The van der Waals surface area contributed by atoms with Gasteiger partial charge in [0.1, 0.15) is 0 Å². The van der Waals surface area contributed by atoms with Crippen molar-refractivity contribution in [2.75, 3.05) is 0 Å². The first kappa shape index (κ1) is 9.22. The van der Waals surface area contributed by atoms with Crippen molar-refractivity contribution in [2.45, 2.75) is 5.88 Å². The average Bonchev–Trinajstić information content (AvgIpc) is 2.30. The fourth-order valence-corrected chi connectivity index (χ4v) is 1.51. The zero-order valence-corrected chi connectivity index (χ0v) is 8.41. The molecule has 2 aromatic rings. The highest BCUT2D eigenvalue weighted by molar-refractivity contribution is 6.16. The van der Waals surface area contributed by atoms with Gasteiger partial charge in [-0.2, -0.15) is 0 Å². The molecule has 1 nitrogen and oxygen atoms in total. The molecule has 0 amide bonds. The van der Waals surface area contributed by atoms with E-state index in [4.69, 9.17) is 11.6 Å². The van der Waals surface area contributed by atoms with Crippen molar-refractivity contribution in [3.8, 4) is 11.1 Å². The number of nitrogens with zero attached hydrogens (tertiary/aromatic N) is 1. The van der Waals surface area contributed by atoms with Crippen LogP contribution in [0.3, 0.4) is 0 Å². The molecule has 0 spiro atoms. The Labute approximate surface area is 88.4 Å². The van der Waals surface area contributed by atoms with E-state index in [1.54, 1.807) is 6.20 Å². The largest absolute Gasteiger partial charge is 0.260 e. The molecule has 0 radical (unpaired) electrons. The predicted octanol–water partition coefficient (Wildman–Crippen LogP) is 3.49. The standard InChI is InChI=1S/C12H10ClN/c13-9-12-8-11(6-7-14-12)10-4-2-1-3-5-10/h1-8H,9H2. The van der Waals surface area contributed by atoms with Crippen LogP contribution in [0.4, 0.5) is 0 Å². The summed E-state index contributed by atoms with van der Waals surface area (Å²) in [6.45, 7) is 0. The molecule has 0 saturated heterocycles. The summed E-state index contributed by atoms with van der Waals surface area (Å²) < 4.78 is 0. The van der Waals surface area contributed by atoms with Crippen molar-refractivity contribution < 1.29 is 0 Å². The molecular formula is C12H10ClN. The van der Waals surface area contributed by atoms with Gasteiger partial charge in [-0.15, -0.1) is 11.6 Å². The average molecular weight is 204 g/mol. The van der Waals surface area contributed by atoms with Gasteiger partial charge in [-0.05, 0) is 23.3 Å². The molecule has 70 valence electrons. The van der Waals surface area contributed by atoms with E-state index < -0.39 is 0 Å². The summed E-state index contributed by atoms with van der Waals surface area (Å²) in [7, 11) is 0. The molecule has 1 aromatic heterocycles. The number of alkyl halides is 1. The highest BCUT2D eigenvalue weighted by Crippen LogP contribution is 2.19. The van der Waals surface area contributed by atoms with Gasteiger partial charge in [-0.1, -0.05) is 30.3 Å². The first-order chi connectivity index (χ1) is 6.90. The third kappa shape index (κ3) is 1.94. The molecule has 0 aliphatic heterocycles. The summed E-state index contributed by atoms with van der Waals surface area (Å²) in [4.78, 5) is 4.15. The lowest BCUT2D eigenvalue weighted by Gasteiger charge is -2.01. The topological polar surface area (TPSA) is 12.9 Å². The van der Waals surface area contributed by atoms with Crippen LogP contribution in [-0.4, -0.2) is 4.98 Å². The van der Waals surface area contributed by atoms with E-state index in [0.29, 0.717) is 5.88 Å². The Hall–Kier alpha value is -1.34. The van der Waals surface area contributed by atoms with Crippen molar-refractivity contribution in [3.63, 3.8) is 0 Å². The highest BCUT2D eigenvalue weighted by Gasteiger charge is 1.97. The fraction of sp³-hybridized carbons (Fsp3) is 0.0833. The first-order valence-corrected chi connectivity index (χ1v) is 5.00. The number of hydrogen-bond donors (Lipinski definition) is 0. The summed E-state index contributed by atoms with van der Waals surface area (Å²) in [6.07, 6.45) is 1.79. The number of pyridine rings is 1. The van der Waals surface area contributed by atoms with Crippen LogP contribution in [-0.2, 0) is 5.88 Å². The van der Waals surface area contributed by atoms with Gasteiger partial charge in [-0.25, -0.2) is 0 Å². The molecule has 0 aliphatic carbocycles. The van der Waals surface area contributed by atoms with Crippen molar-refractivity contribution in [3.05, 3.63) is 54.4 Å². The molecule has 2 rings (SSSR count). The quantitative estimate of drug-likeness (QED) is 0.681. The van der Waals surface area contributed by atoms with Crippen molar-refractivity contribution >= 4 is 11.6 Å². The van der Waals surface area contributed by atoms with Crippen LogP contribution in [0.25, 0.3) is 11.1 Å². The second-order valence-corrected chi connectivity index (χ2v) is 3.30. The summed E-state index contributed by atoms with van der Waals surface area (Å²) in [5, 5.41) is 0. The molecule has 0 aliphatic rings. The second kappa shape index (κ2) is 4.25. The summed E-state index contributed by atoms with van der Waals surface area (Å²) in [5.74, 6) is 0.459. The molecule has 0 bridgehead atoms. The number of aromatic nitrogens is 1. The predicted molar refractivity (Wildman–Crippen MR) is 59.2 cm³/mol. The molecule has 1 heterocycles. The smallest absolute Gasteiger partial charge is 0.0647 e. The van der Waals surface area contributed by atoms with Gasteiger partial charge >= 0.3 is 0 Å². The van der Waals surface area contributed by atoms with Gasteiger partial charge in [0.15, 0.2) is 0 Å². The first-order valence-electron chi connectivity index (χ1n) is 4.46. The van der Waals surface area contributed by atoms with Gasteiger partial charge in [0, 0.05) is 6.20 Å². The summed E-state index contributed by atoms with van der Waals surface area (Å²) >= 11 is 5.72. The Morgan fingerprint density at radius 2 is 1.79 bits per heavy atom. The summed E-state index contributed by atoms with van der Waals surface area (Å²) in [5.41, 5.74) is 3.27. The molecule has 0 N–H and O–H groups in total. The van der Waals surface area contributed by atoms with Crippen LogP contribution >= 0.6 is 11.6 Å². The van der Waals surface area contributed by atoms with E-state index in [1.807, 2.05) is 30.3 Å². The Morgan fingerprint density at radius 3 is 2.50 bits per heavy atom. The number of halogens is 1. The third-order valence-corrected chi connectivity index (χ3v) is 2.33. The van der Waals surface area contributed by atoms with Crippen LogP contribution in [0.15, 0.2) is 48.7 Å². The zero-order valence-electron chi connectivity index (χ0n) is 7.65. The number of hydrogen-bond acceptors (Lipinski definition) is 1. The Morgan fingerprint density at radius 1 is 1.00 bits per heavy atom. The van der Waals surface area contributed by atoms with Gasteiger partial charge in [-0.3, -0.25) is 4.98 Å². The Balaban J connectivity index is 2.42. The molecule has 1 aromatic carbocycles. The number of rotatable bonds is 2. The minimum Gasteiger partial charge on any atom is -0.260 e. The molecular weight excluding hydrogens is 194 g/mol. The maximum atomic E-state index is 5.72. The van der Waals surface area contributed by atoms with E-state index in [-0.39, 0.29) is 0 Å². The van der Waals surface area contributed by atoms with Crippen LogP contribution in [0.2, 0.25) is 0 Å². The van der Waals surface area contributed by atoms with Crippen molar-refractivity contribution in [1.29, 1.82) is 0 Å². The molecule has 0 saturated carbocycles. The molecule has 2 heteroatoms. The highest BCUT2D eigenvalue weighted by atomic mass is 35.5. The van der Waals surface area contributed by atoms with Gasteiger partial charge in [0.05, 0.1) is 11.6 Å². The molecule has 0 fully saturated rings.